The van der Waals surface area contributed by atoms with Gasteiger partial charge in [0.15, 0.2) is 5.78 Å². The normalized spacial score (nSPS) is 10.4. The summed E-state index contributed by atoms with van der Waals surface area (Å²) in [4.78, 5) is 11.8. The number of benzene rings is 1. The van der Waals surface area contributed by atoms with E-state index in [2.05, 4.69) is 11.4 Å². The van der Waals surface area contributed by atoms with E-state index in [1.807, 2.05) is 26.0 Å². The monoisotopic (exact) mass is 221 g/mol. The maximum Gasteiger partial charge on any atom is 0.176 e. The summed E-state index contributed by atoms with van der Waals surface area (Å²) in [7, 11) is 1.65. The van der Waals surface area contributed by atoms with Crippen LogP contribution in [0.2, 0.25) is 0 Å². The lowest BCUT2D eigenvalue weighted by Gasteiger charge is -2.05. The molecule has 1 aromatic rings. The number of rotatable bonds is 6. The fourth-order valence-electron chi connectivity index (χ4n) is 1.61. The van der Waals surface area contributed by atoms with Crippen LogP contribution in [0.15, 0.2) is 18.2 Å². The SMILES string of the molecule is COCCNCC(=O)c1cc(C)cc(C)c1. The minimum atomic E-state index is 0.128. The van der Waals surface area contributed by atoms with E-state index in [4.69, 9.17) is 4.74 Å². The topological polar surface area (TPSA) is 38.3 Å². The predicted octanol–water partition coefficient (Wildman–Crippen LogP) is 1.72. The maximum atomic E-state index is 11.8. The summed E-state index contributed by atoms with van der Waals surface area (Å²) in [5, 5.41) is 3.05. The highest BCUT2D eigenvalue weighted by molar-refractivity contribution is 5.97. The molecule has 0 aliphatic heterocycles. The zero-order chi connectivity index (χ0) is 12.0. The molecular formula is C13H19NO2. The van der Waals surface area contributed by atoms with Gasteiger partial charge in [0.25, 0.3) is 0 Å². The number of carbonyl (C=O) groups is 1. The molecule has 0 bridgehead atoms. The summed E-state index contributed by atoms with van der Waals surface area (Å²) >= 11 is 0. The molecule has 0 atom stereocenters. The van der Waals surface area contributed by atoms with Crippen molar-refractivity contribution in [2.45, 2.75) is 13.8 Å². The van der Waals surface area contributed by atoms with E-state index in [0.29, 0.717) is 19.7 Å². The molecule has 0 aromatic heterocycles. The van der Waals surface area contributed by atoms with Crippen molar-refractivity contribution >= 4 is 5.78 Å². The van der Waals surface area contributed by atoms with E-state index in [0.717, 1.165) is 16.7 Å². The zero-order valence-corrected chi connectivity index (χ0v) is 10.2. The Labute approximate surface area is 96.8 Å². The number of ketones is 1. The van der Waals surface area contributed by atoms with Crippen LogP contribution in [0.4, 0.5) is 0 Å². The van der Waals surface area contributed by atoms with Crippen LogP contribution in [0.25, 0.3) is 0 Å². The van der Waals surface area contributed by atoms with Crippen LogP contribution in [0.1, 0.15) is 21.5 Å². The third-order valence-electron chi connectivity index (χ3n) is 2.31. The molecule has 88 valence electrons. The molecule has 0 spiro atoms. The Balaban J connectivity index is 2.52. The lowest BCUT2D eigenvalue weighted by Crippen LogP contribution is -2.26. The number of Topliss-reactive ketones (excluding diaryl/α,β-unsaturated/α-hetero) is 1. The Morgan fingerprint density at radius 1 is 1.25 bits per heavy atom. The van der Waals surface area contributed by atoms with Crippen molar-refractivity contribution in [3.05, 3.63) is 34.9 Å². The molecule has 0 aliphatic rings. The average Bonchev–Trinajstić information content (AvgIpc) is 2.22. The molecule has 0 aliphatic carbocycles. The molecular weight excluding hydrogens is 202 g/mol. The average molecular weight is 221 g/mol. The molecule has 0 unspecified atom stereocenters. The van der Waals surface area contributed by atoms with Crippen LogP contribution in [-0.4, -0.2) is 32.6 Å². The first kappa shape index (κ1) is 12.9. The number of carbonyl (C=O) groups excluding carboxylic acids is 1. The first-order valence-corrected chi connectivity index (χ1v) is 5.44. The van der Waals surface area contributed by atoms with Gasteiger partial charge < -0.3 is 10.1 Å². The van der Waals surface area contributed by atoms with E-state index in [-0.39, 0.29) is 5.78 Å². The smallest absolute Gasteiger partial charge is 0.176 e. The molecule has 1 N–H and O–H groups in total. The van der Waals surface area contributed by atoms with Crippen molar-refractivity contribution in [3.63, 3.8) is 0 Å². The molecule has 1 rings (SSSR count). The summed E-state index contributed by atoms with van der Waals surface area (Å²) in [6.07, 6.45) is 0. The lowest BCUT2D eigenvalue weighted by atomic mass is 10.0. The number of ether oxygens (including phenoxy) is 1. The van der Waals surface area contributed by atoms with Crippen molar-refractivity contribution < 1.29 is 9.53 Å². The van der Waals surface area contributed by atoms with Crippen molar-refractivity contribution in [1.29, 1.82) is 0 Å². The molecule has 0 heterocycles. The molecule has 0 amide bonds. The fraction of sp³-hybridized carbons (Fsp3) is 0.462. The lowest BCUT2D eigenvalue weighted by molar-refractivity contribution is 0.0987. The Bertz CT molecular complexity index is 341. The Morgan fingerprint density at radius 3 is 2.44 bits per heavy atom. The van der Waals surface area contributed by atoms with Gasteiger partial charge in [-0.1, -0.05) is 17.2 Å². The highest BCUT2D eigenvalue weighted by Gasteiger charge is 2.05. The predicted molar refractivity (Wildman–Crippen MR) is 65.0 cm³/mol. The fourth-order valence-corrected chi connectivity index (χ4v) is 1.61. The number of methoxy groups -OCH3 is 1. The standard InChI is InChI=1S/C13H19NO2/c1-10-6-11(2)8-12(7-10)13(15)9-14-4-5-16-3/h6-8,14H,4-5,9H2,1-3H3. The van der Waals surface area contributed by atoms with Gasteiger partial charge in [-0.2, -0.15) is 0 Å². The molecule has 0 saturated heterocycles. The second-order valence-electron chi connectivity index (χ2n) is 3.97. The first-order valence-electron chi connectivity index (χ1n) is 5.44. The van der Waals surface area contributed by atoms with Crippen LogP contribution in [-0.2, 0) is 4.74 Å². The molecule has 1 aromatic carbocycles. The third-order valence-corrected chi connectivity index (χ3v) is 2.31. The van der Waals surface area contributed by atoms with Crippen LogP contribution >= 0.6 is 0 Å². The first-order chi connectivity index (χ1) is 7.63. The molecule has 0 radical (unpaired) electrons. The van der Waals surface area contributed by atoms with Gasteiger partial charge in [0.2, 0.25) is 0 Å². The maximum absolute atomic E-state index is 11.8. The molecule has 3 nitrogen and oxygen atoms in total. The largest absolute Gasteiger partial charge is 0.383 e. The van der Waals surface area contributed by atoms with Gasteiger partial charge in [-0.3, -0.25) is 4.79 Å². The quantitative estimate of drug-likeness (QED) is 0.587. The van der Waals surface area contributed by atoms with E-state index in [1.165, 1.54) is 0 Å². The van der Waals surface area contributed by atoms with Gasteiger partial charge in [0.1, 0.15) is 0 Å². The summed E-state index contributed by atoms with van der Waals surface area (Å²) in [6.45, 7) is 5.70. The van der Waals surface area contributed by atoms with E-state index in [9.17, 15) is 4.79 Å². The summed E-state index contributed by atoms with van der Waals surface area (Å²) < 4.78 is 4.89. The van der Waals surface area contributed by atoms with E-state index >= 15 is 0 Å². The van der Waals surface area contributed by atoms with Gasteiger partial charge in [0.05, 0.1) is 13.2 Å². The second kappa shape index (κ2) is 6.40. The number of hydrogen-bond acceptors (Lipinski definition) is 3. The van der Waals surface area contributed by atoms with E-state index in [1.54, 1.807) is 7.11 Å². The van der Waals surface area contributed by atoms with Crippen molar-refractivity contribution in [1.82, 2.24) is 5.32 Å². The number of hydrogen-bond donors (Lipinski definition) is 1. The highest BCUT2D eigenvalue weighted by atomic mass is 16.5. The van der Waals surface area contributed by atoms with Gasteiger partial charge in [-0.15, -0.1) is 0 Å². The van der Waals surface area contributed by atoms with Gasteiger partial charge >= 0.3 is 0 Å². The van der Waals surface area contributed by atoms with Gasteiger partial charge in [-0.25, -0.2) is 0 Å². The van der Waals surface area contributed by atoms with Crippen molar-refractivity contribution in [2.24, 2.45) is 0 Å². The molecule has 0 fully saturated rings. The minimum absolute atomic E-state index is 0.128. The third kappa shape index (κ3) is 4.13. The van der Waals surface area contributed by atoms with Crippen LogP contribution in [0, 0.1) is 13.8 Å². The summed E-state index contributed by atoms with van der Waals surface area (Å²) in [6, 6.07) is 5.91. The van der Waals surface area contributed by atoms with Gasteiger partial charge in [0, 0.05) is 19.2 Å². The molecule has 0 saturated carbocycles. The number of aryl methyl sites for hydroxylation is 2. The van der Waals surface area contributed by atoms with Crippen LogP contribution in [0.5, 0.6) is 0 Å². The van der Waals surface area contributed by atoms with Crippen LogP contribution < -0.4 is 5.32 Å². The van der Waals surface area contributed by atoms with Crippen molar-refractivity contribution in [2.75, 3.05) is 26.8 Å². The highest BCUT2D eigenvalue weighted by Crippen LogP contribution is 2.09. The summed E-state index contributed by atoms with van der Waals surface area (Å²) in [5.41, 5.74) is 3.03. The molecule has 3 heteroatoms. The van der Waals surface area contributed by atoms with E-state index < -0.39 is 0 Å². The number of nitrogens with one attached hydrogen (secondary N) is 1. The second-order valence-corrected chi connectivity index (χ2v) is 3.97. The minimum Gasteiger partial charge on any atom is -0.383 e. The zero-order valence-electron chi connectivity index (χ0n) is 10.2. The Morgan fingerprint density at radius 2 is 1.88 bits per heavy atom. The molecule has 16 heavy (non-hydrogen) atoms. The Kier molecular flexibility index (Phi) is 5.15. The summed E-state index contributed by atoms with van der Waals surface area (Å²) in [5.74, 6) is 0.128. The van der Waals surface area contributed by atoms with Crippen molar-refractivity contribution in [3.8, 4) is 0 Å². The van der Waals surface area contributed by atoms with Crippen LogP contribution in [0.3, 0.4) is 0 Å². The van der Waals surface area contributed by atoms with Gasteiger partial charge in [-0.05, 0) is 26.0 Å². The Hall–Kier alpha value is -1.19.